The van der Waals surface area contributed by atoms with E-state index in [1.165, 1.54) is 22.9 Å². The molecule has 2 aliphatic rings. The molecule has 1 heterocycles. The van der Waals surface area contributed by atoms with E-state index in [4.69, 9.17) is 0 Å². The highest BCUT2D eigenvalue weighted by Crippen LogP contribution is 2.33. The smallest absolute Gasteiger partial charge is 0.293 e. The third-order valence-corrected chi connectivity index (χ3v) is 8.42. The maximum absolute atomic E-state index is 12.8. The van der Waals surface area contributed by atoms with E-state index in [1.54, 1.807) is 13.8 Å². The fraction of sp³-hybridized carbons (Fsp3) is 0.667. The largest absolute Gasteiger partial charge is 0.362 e. The van der Waals surface area contributed by atoms with Crippen molar-refractivity contribution in [2.45, 2.75) is 50.8 Å². The van der Waals surface area contributed by atoms with Crippen molar-refractivity contribution in [3.63, 3.8) is 0 Å². The van der Waals surface area contributed by atoms with Gasteiger partial charge in [0.15, 0.2) is 0 Å². The average molecular weight is 453 g/mol. The molecule has 0 aromatic heterocycles. The van der Waals surface area contributed by atoms with Crippen LogP contribution in [0.25, 0.3) is 0 Å². The number of carbonyl (C=O) groups is 1. The Labute approximate surface area is 184 Å². The number of anilines is 1. The summed E-state index contributed by atoms with van der Waals surface area (Å²) in [6, 6.07) is 4.12. The van der Waals surface area contributed by atoms with Crippen molar-refractivity contribution >= 4 is 27.3 Å². The van der Waals surface area contributed by atoms with Gasteiger partial charge in [-0.15, -0.1) is 0 Å². The number of hydrogen-bond donors (Lipinski definition) is 0. The summed E-state index contributed by atoms with van der Waals surface area (Å²) in [5.41, 5.74) is 0.175. The first kappa shape index (κ1) is 23.5. The number of nitro benzene ring substituents is 1. The standard InChI is InChI=1S/C21H32N4O5S/c1-3-24(4-2)31(29,30)18-10-11-19(20(16-18)25(27)28)22-12-14-23(15-13-22)21(26)17-8-6-5-7-9-17/h10-11,16-17H,3-9,12-15H2,1-2H3. The molecule has 1 aromatic rings. The number of benzene rings is 1. The first-order valence-electron chi connectivity index (χ1n) is 11.1. The highest BCUT2D eigenvalue weighted by atomic mass is 32.2. The monoisotopic (exact) mass is 452 g/mol. The number of nitro groups is 1. The summed E-state index contributed by atoms with van der Waals surface area (Å²) in [5.74, 6) is 0.314. The molecule has 0 radical (unpaired) electrons. The maximum atomic E-state index is 12.8. The van der Waals surface area contributed by atoms with E-state index in [0.717, 1.165) is 31.7 Å². The fourth-order valence-electron chi connectivity index (χ4n) is 4.57. The molecule has 3 rings (SSSR count). The van der Waals surface area contributed by atoms with Crippen molar-refractivity contribution in [3.8, 4) is 0 Å². The minimum absolute atomic E-state index is 0.0715. The Kier molecular flexibility index (Phi) is 7.53. The Morgan fingerprint density at radius 3 is 2.26 bits per heavy atom. The number of sulfonamides is 1. The summed E-state index contributed by atoms with van der Waals surface area (Å²) >= 11 is 0. The van der Waals surface area contributed by atoms with Gasteiger partial charge in [0.25, 0.3) is 5.69 Å². The minimum Gasteiger partial charge on any atom is -0.362 e. The molecule has 0 bridgehead atoms. The summed E-state index contributed by atoms with van der Waals surface area (Å²) in [4.78, 5) is 27.7. The van der Waals surface area contributed by atoms with E-state index in [9.17, 15) is 23.3 Å². The molecule has 1 aromatic carbocycles. The summed E-state index contributed by atoms with van der Waals surface area (Å²) in [6.45, 7) is 6.08. The zero-order valence-electron chi connectivity index (χ0n) is 18.3. The molecule has 1 aliphatic carbocycles. The van der Waals surface area contributed by atoms with Crippen LogP contribution in [0.3, 0.4) is 0 Å². The SMILES string of the molecule is CCN(CC)S(=O)(=O)c1ccc(N2CCN(C(=O)C3CCCCC3)CC2)c([N+](=O)[O-])c1. The van der Waals surface area contributed by atoms with Gasteiger partial charge in [0.1, 0.15) is 5.69 Å². The zero-order chi connectivity index (χ0) is 22.6. The second-order valence-corrected chi connectivity index (χ2v) is 10.1. The molecule has 10 heteroatoms. The molecule has 0 unspecified atom stereocenters. The summed E-state index contributed by atoms with van der Waals surface area (Å²) in [7, 11) is -3.78. The lowest BCUT2D eigenvalue weighted by molar-refractivity contribution is -0.384. The van der Waals surface area contributed by atoms with E-state index in [2.05, 4.69) is 0 Å². The average Bonchev–Trinajstić information content (AvgIpc) is 2.79. The predicted molar refractivity (Wildman–Crippen MR) is 119 cm³/mol. The van der Waals surface area contributed by atoms with Crippen molar-refractivity contribution in [2.24, 2.45) is 5.92 Å². The quantitative estimate of drug-likeness (QED) is 0.465. The predicted octanol–water partition coefficient (Wildman–Crippen LogP) is 2.85. The highest BCUT2D eigenvalue weighted by molar-refractivity contribution is 7.89. The van der Waals surface area contributed by atoms with Gasteiger partial charge in [-0.05, 0) is 25.0 Å². The molecule has 1 saturated heterocycles. The van der Waals surface area contributed by atoms with Crippen molar-refractivity contribution in [2.75, 3.05) is 44.2 Å². The van der Waals surface area contributed by atoms with Gasteiger partial charge >= 0.3 is 0 Å². The van der Waals surface area contributed by atoms with Gasteiger partial charge < -0.3 is 9.80 Å². The summed E-state index contributed by atoms with van der Waals surface area (Å²) < 4.78 is 26.8. The van der Waals surface area contributed by atoms with E-state index < -0.39 is 14.9 Å². The topological polar surface area (TPSA) is 104 Å². The molecular weight excluding hydrogens is 420 g/mol. The van der Waals surface area contributed by atoms with E-state index in [0.29, 0.717) is 45.0 Å². The second kappa shape index (κ2) is 9.95. The van der Waals surface area contributed by atoms with E-state index in [-0.39, 0.29) is 22.4 Å². The first-order valence-corrected chi connectivity index (χ1v) is 12.6. The zero-order valence-corrected chi connectivity index (χ0v) is 19.1. The van der Waals surface area contributed by atoms with Gasteiger partial charge in [0, 0.05) is 51.3 Å². The van der Waals surface area contributed by atoms with Crippen LogP contribution >= 0.6 is 0 Å². The Bertz CT molecular complexity index is 902. The molecule has 1 amide bonds. The Hall–Kier alpha value is -2.20. The van der Waals surface area contributed by atoms with Gasteiger partial charge in [-0.2, -0.15) is 4.31 Å². The van der Waals surface area contributed by atoms with Crippen LogP contribution in [0.1, 0.15) is 46.0 Å². The fourth-order valence-corrected chi connectivity index (χ4v) is 6.04. The van der Waals surface area contributed by atoms with Crippen LogP contribution in [0.5, 0.6) is 0 Å². The van der Waals surface area contributed by atoms with Gasteiger partial charge in [0.05, 0.1) is 9.82 Å². The normalized spacial score (nSPS) is 18.4. The second-order valence-electron chi connectivity index (χ2n) is 8.14. The molecule has 2 fully saturated rings. The highest BCUT2D eigenvalue weighted by Gasteiger charge is 2.31. The number of rotatable bonds is 7. The number of piperazine rings is 1. The maximum Gasteiger partial charge on any atom is 0.293 e. The Balaban J connectivity index is 1.76. The van der Waals surface area contributed by atoms with Crippen molar-refractivity contribution in [1.82, 2.24) is 9.21 Å². The lowest BCUT2D eigenvalue weighted by atomic mass is 9.88. The summed E-state index contributed by atoms with van der Waals surface area (Å²) in [5, 5.41) is 11.7. The van der Waals surface area contributed by atoms with E-state index >= 15 is 0 Å². The van der Waals surface area contributed by atoms with E-state index in [1.807, 2.05) is 9.80 Å². The van der Waals surface area contributed by atoms with Gasteiger partial charge in [-0.3, -0.25) is 14.9 Å². The third kappa shape index (κ3) is 5.01. The molecule has 0 atom stereocenters. The Morgan fingerprint density at radius 1 is 1.10 bits per heavy atom. The lowest BCUT2D eigenvalue weighted by Gasteiger charge is -2.38. The molecule has 0 N–H and O–H groups in total. The number of hydrogen-bond acceptors (Lipinski definition) is 6. The van der Waals surface area contributed by atoms with Crippen molar-refractivity contribution in [3.05, 3.63) is 28.3 Å². The molecule has 31 heavy (non-hydrogen) atoms. The number of amides is 1. The summed E-state index contributed by atoms with van der Waals surface area (Å²) in [6.07, 6.45) is 5.30. The van der Waals surface area contributed by atoms with Crippen LogP contribution in [-0.4, -0.2) is 67.7 Å². The van der Waals surface area contributed by atoms with Crippen LogP contribution in [0, 0.1) is 16.0 Å². The van der Waals surface area contributed by atoms with Crippen LogP contribution in [-0.2, 0) is 14.8 Å². The van der Waals surface area contributed by atoms with Gasteiger partial charge in [-0.1, -0.05) is 33.1 Å². The number of carbonyl (C=O) groups excluding carboxylic acids is 1. The third-order valence-electron chi connectivity index (χ3n) is 6.37. The van der Waals surface area contributed by atoms with Crippen molar-refractivity contribution < 1.29 is 18.1 Å². The van der Waals surface area contributed by atoms with Crippen LogP contribution < -0.4 is 4.90 Å². The molecule has 9 nitrogen and oxygen atoms in total. The van der Waals surface area contributed by atoms with Gasteiger partial charge in [0.2, 0.25) is 15.9 Å². The van der Waals surface area contributed by atoms with Gasteiger partial charge in [-0.25, -0.2) is 8.42 Å². The first-order chi connectivity index (χ1) is 14.8. The lowest BCUT2D eigenvalue weighted by Crippen LogP contribution is -2.50. The minimum atomic E-state index is -3.78. The van der Waals surface area contributed by atoms with Crippen LogP contribution in [0.15, 0.2) is 23.1 Å². The molecule has 172 valence electrons. The van der Waals surface area contributed by atoms with Crippen LogP contribution in [0.2, 0.25) is 0 Å². The molecule has 1 aliphatic heterocycles. The number of nitrogens with zero attached hydrogens (tertiary/aromatic N) is 4. The molecule has 1 saturated carbocycles. The molecular formula is C21H32N4O5S. The molecule has 0 spiro atoms. The van der Waals surface area contributed by atoms with Crippen LogP contribution in [0.4, 0.5) is 11.4 Å². The van der Waals surface area contributed by atoms with Crippen molar-refractivity contribution in [1.29, 1.82) is 0 Å². The Morgan fingerprint density at radius 2 is 1.71 bits per heavy atom.